The van der Waals surface area contributed by atoms with E-state index in [9.17, 15) is 14.0 Å². The summed E-state index contributed by atoms with van der Waals surface area (Å²) in [7, 11) is 0. The number of benzene rings is 1. The average Bonchev–Trinajstić information content (AvgIpc) is 2.47. The molecule has 1 aromatic carbocycles. The van der Waals surface area contributed by atoms with Crippen LogP contribution in [0.3, 0.4) is 0 Å². The zero-order valence-electron chi connectivity index (χ0n) is 12.3. The van der Waals surface area contributed by atoms with Crippen LogP contribution in [-0.4, -0.2) is 37.7 Å². The molecule has 21 heavy (non-hydrogen) atoms. The molecule has 116 valence electrons. The van der Waals surface area contributed by atoms with Crippen LogP contribution >= 0.6 is 0 Å². The summed E-state index contributed by atoms with van der Waals surface area (Å²) in [5.74, 6) is -1.88. The van der Waals surface area contributed by atoms with Crippen LogP contribution < -0.4 is 9.47 Å². The molecule has 1 rings (SSSR count). The van der Waals surface area contributed by atoms with Crippen LogP contribution in [0.5, 0.6) is 11.5 Å². The Bertz CT molecular complexity index is 477. The van der Waals surface area contributed by atoms with Crippen LogP contribution in [0.25, 0.3) is 0 Å². The molecule has 0 aliphatic carbocycles. The Kier molecular flexibility index (Phi) is 6.65. The summed E-state index contributed by atoms with van der Waals surface area (Å²) in [6.07, 6.45) is -2.40. The van der Waals surface area contributed by atoms with Crippen molar-refractivity contribution in [3.63, 3.8) is 0 Å². The Morgan fingerprint density at radius 3 is 2.00 bits per heavy atom. The molecule has 0 heterocycles. The normalized spacial score (nSPS) is 11.6. The van der Waals surface area contributed by atoms with E-state index in [2.05, 4.69) is 4.74 Å². The molecule has 0 fully saturated rings. The molecule has 1 atom stereocenters. The predicted molar refractivity (Wildman–Crippen MR) is 74.6 cm³/mol. The molecule has 5 nitrogen and oxygen atoms in total. The highest BCUT2D eigenvalue weighted by Crippen LogP contribution is 2.30. The van der Waals surface area contributed by atoms with Gasteiger partial charge >= 0.3 is 5.97 Å². The summed E-state index contributed by atoms with van der Waals surface area (Å²) in [6, 6.07) is 4.68. The van der Waals surface area contributed by atoms with Gasteiger partial charge < -0.3 is 14.2 Å². The predicted octanol–water partition coefficient (Wildman–Crippen LogP) is 2.57. The number of rotatable bonds is 8. The fourth-order valence-electron chi connectivity index (χ4n) is 1.75. The molecule has 0 spiro atoms. The summed E-state index contributed by atoms with van der Waals surface area (Å²) in [5, 5.41) is 0. The Labute approximate surface area is 123 Å². The third kappa shape index (κ3) is 4.18. The Balaban J connectivity index is 3.18. The van der Waals surface area contributed by atoms with Crippen molar-refractivity contribution in [3.8, 4) is 11.5 Å². The molecule has 0 saturated carbocycles. The number of carbonyl (C=O) groups is 2. The van der Waals surface area contributed by atoms with Gasteiger partial charge in [-0.1, -0.05) is 6.07 Å². The SMILES string of the molecule is CCOC(=O)C(F)C(=O)c1c(OCC)cccc1OCC. The number of Topliss-reactive ketones (excluding diaryl/α,β-unsaturated/α-hetero) is 1. The number of hydrogen-bond donors (Lipinski definition) is 0. The van der Waals surface area contributed by atoms with Crippen LogP contribution in [0.4, 0.5) is 4.39 Å². The Hall–Kier alpha value is -2.11. The maximum Gasteiger partial charge on any atom is 0.349 e. The van der Waals surface area contributed by atoms with Crippen molar-refractivity contribution in [1.29, 1.82) is 0 Å². The fourth-order valence-corrected chi connectivity index (χ4v) is 1.75. The first-order valence-electron chi connectivity index (χ1n) is 6.80. The van der Waals surface area contributed by atoms with Crippen molar-refractivity contribution in [3.05, 3.63) is 23.8 Å². The lowest BCUT2D eigenvalue weighted by Gasteiger charge is -2.15. The second kappa shape index (κ2) is 8.24. The molecule has 0 saturated heterocycles. The second-order valence-corrected chi connectivity index (χ2v) is 3.97. The van der Waals surface area contributed by atoms with E-state index >= 15 is 0 Å². The quantitative estimate of drug-likeness (QED) is 0.419. The summed E-state index contributed by atoms with van der Waals surface area (Å²) in [5.41, 5.74) is -0.0817. The molecular weight excluding hydrogens is 279 g/mol. The molecule has 0 aliphatic heterocycles. The lowest BCUT2D eigenvalue weighted by molar-refractivity contribution is -0.147. The van der Waals surface area contributed by atoms with Gasteiger partial charge in [-0.25, -0.2) is 9.18 Å². The molecule has 0 aromatic heterocycles. The molecule has 0 bridgehead atoms. The largest absolute Gasteiger partial charge is 0.493 e. The molecule has 1 aromatic rings. The maximum atomic E-state index is 14.0. The van der Waals surface area contributed by atoms with Crippen molar-refractivity contribution in [2.75, 3.05) is 19.8 Å². The summed E-state index contributed by atoms with van der Waals surface area (Å²) in [4.78, 5) is 23.6. The number of hydrogen-bond acceptors (Lipinski definition) is 5. The van der Waals surface area contributed by atoms with E-state index in [-0.39, 0.29) is 23.7 Å². The van der Waals surface area contributed by atoms with Crippen molar-refractivity contribution in [2.24, 2.45) is 0 Å². The van der Waals surface area contributed by atoms with E-state index in [4.69, 9.17) is 9.47 Å². The van der Waals surface area contributed by atoms with Gasteiger partial charge in [0.25, 0.3) is 6.17 Å². The highest BCUT2D eigenvalue weighted by molar-refractivity contribution is 6.13. The third-order valence-corrected chi connectivity index (χ3v) is 2.56. The Morgan fingerprint density at radius 2 is 1.57 bits per heavy atom. The smallest absolute Gasteiger partial charge is 0.349 e. The molecular formula is C15H19FO5. The van der Waals surface area contributed by atoms with Gasteiger partial charge in [-0.15, -0.1) is 0 Å². The van der Waals surface area contributed by atoms with Gasteiger partial charge in [-0.2, -0.15) is 0 Å². The number of esters is 1. The van der Waals surface area contributed by atoms with Crippen molar-refractivity contribution >= 4 is 11.8 Å². The van der Waals surface area contributed by atoms with Gasteiger partial charge in [-0.3, -0.25) is 4.79 Å². The zero-order valence-corrected chi connectivity index (χ0v) is 12.3. The minimum Gasteiger partial charge on any atom is -0.493 e. The summed E-state index contributed by atoms with van der Waals surface area (Å²) < 4.78 is 29.1. The third-order valence-electron chi connectivity index (χ3n) is 2.56. The number of ketones is 1. The van der Waals surface area contributed by atoms with Crippen LogP contribution in [0, 0.1) is 0 Å². The number of alkyl halides is 1. The maximum absolute atomic E-state index is 14.0. The van der Waals surface area contributed by atoms with Gasteiger partial charge in [-0.05, 0) is 32.9 Å². The van der Waals surface area contributed by atoms with Gasteiger partial charge in [0.15, 0.2) is 0 Å². The van der Waals surface area contributed by atoms with E-state index < -0.39 is 17.9 Å². The van der Waals surface area contributed by atoms with Gasteiger partial charge in [0.2, 0.25) is 5.78 Å². The van der Waals surface area contributed by atoms with E-state index in [0.717, 1.165) is 0 Å². The summed E-state index contributed by atoms with van der Waals surface area (Å²) >= 11 is 0. The number of carbonyl (C=O) groups excluding carboxylic acids is 2. The van der Waals surface area contributed by atoms with Crippen LogP contribution in [-0.2, 0) is 9.53 Å². The van der Waals surface area contributed by atoms with Gasteiger partial charge in [0.05, 0.1) is 19.8 Å². The van der Waals surface area contributed by atoms with Crippen molar-refractivity contribution < 1.29 is 28.2 Å². The average molecular weight is 298 g/mol. The standard InChI is InChI=1S/C15H19FO5/c1-4-19-10-8-7-9-11(20-5-2)12(10)14(17)13(16)15(18)21-6-3/h7-9,13H,4-6H2,1-3H3. The van der Waals surface area contributed by atoms with E-state index in [1.54, 1.807) is 19.9 Å². The minimum atomic E-state index is -2.40. The first kappa shape index (κ1) is 16.9. The van der Waals surface area contributed by atoms with Crippen LogP contribution in [0.2, 0.25) is 0 Å². The highest BCUT2D eigenvalue weighted by atomic mass is 19.1. The monoisotopic (exact) mass is 298 g/mol. The Morgan fingerprint density at radius 1 is 1.05 bits per heavy atom. The van der Waals surface area contributed by atoms with Gasteiger partial charge in [0, 0.05) is 0 Å². The minimum absolute atomic E-state index is 0.00203. The first-order chi connectivity index (χ1) is 10.1. The molecule has 0 N–H and O–H groups in total. The van der Waals surface area contributed by atoms with Crippen molar-refractivity contribution in [1.82, 2.24) is 0 Å². The van der Waals surface area contributed by atoms with Crippen LogP contribution in [0.15, 0.2) is 18.2 Å². The molecule has 6 heteroatoms. The summed E-state index contributed by atoms with van der Waals surface area (Å²) in [6.45, 7) is 5.60. The number of ether oxygens (including phenoxy) is 3. The lowest BCUT2D eigenvalue weighted by Crippen LogP contribution is -2.28. The van der Waals surface area contributed by atoms with Gasteiger partial charge in [0.1, 0.15) is 17.1 Å². The lowest BCUT2D eigenvalue weighted by atomic mass is 10.0. The highest BCUT2D eigenvalue weighted by Gasteiger charge is 2.33. The van der Waals surface area contributed by atoms with Crippen molar-refractivity contribution in [2.45, 2.75) is 26.9 Å². The second-order valence-electron chi connectivity index (χ2n) is 3.97. The molecule has 0 amide bonds. The molecule has 1 unspecified atom stereocenters. The van der Waals surface area contributed by atoms with E-state index in [1.165, 1.54) is 19.1 Å². The zero-order chi connectivity index (χ0) is 15.8. The van der Waals surface area contributed by atoms with Crippen LogP contribution in [0.1, 0.15) is 31.1 Å². The molecule has 0 radical (unpaired) electrons. The first-order valence-corrected chi connectivity index (χ1v) is 6.80. The number of halogens is 1. The molecule has 0 aliphatic rings. The van der Waals surface area contributed by atoms with E-state index in [1.807, 2.05) is 0 Å². The fraction of sp³-hybridized carbons (Fsp3) is 0.467. The van der Waals surface area contributed by atoms with E-state index in [0.29, 0.717) is 13.2 Å². The topological polar surface area (TPSA) is 61.8 Å².